The molecular formula is C12H17N3O4S2. The predicted molar refractivity (Wildman–Crippen MR) is 81.4 cm³/mol. The summed E-state index contributed by atoms with van der Waals surface area (Å²) in [6.07, 6.45) is 0.989. The first-order valence-electron chi connectivity index (χ1n) is 5.95. The van der Waals surface area contributed by atoms with E-state index < -0.39 is 32.9 Å². The van der Waals surface area contributed by atoms with Crippen molar-refractivity contribution in [3.63, 3.8) is 0 Å². The third-order valence-corrected chi connectivity index (χ3v) is 5.28. The number of nitrogens with zero attached hydrogens (tertiary/aromatic N) is 1. The molecule has 1 rings (SSSR count). The summed E-state index contributed by atoms with van der Waals surface area (Å²) in [5.41, 5.74) is 10.8. The van der Waals surface area contributed by atoms with Crippen LogP contribution < -0.4 is 11.5 Å². The number of rotatable bonds is 4. The third kappa shape index (κ3) is 4.19. The summed E-state index contributed by atoms with van der Waals surface area (Å²) in [7, 11) is -3.65. The lowest BCUT2D eigenvalue weighted by atomic mass is 10.1. The number of guanidine groups is 1. The number of carbonyl (C=O) groups is 1. The molecule has 21 heavy (non-hydrogen) atoms. The van der Waals surface area contributed by atoms with E-state index in [-0.39, 0.29) is 21.1 Å². The van der Waals surface area contributed by atoms with Gasteiger partial charge in [0.05, 0.1) is 0 Å². The van der Waals surface area contributed by atoms with Gasteiger partial charge in [-0.15, -0.1) is 0 Å². The summed E-state index contributed by atoms with van der Waals surface area (Å²) < 4.78 is 35.7. The van der Waals surface area contributed by atoms with Crippen LogP contribution in [-0.2, 0) is 21.0 Å². The van der Waals surface area contributed by atoms with Gasteiger partial charge in [0.1, 0.15) is 10.6 Å². The zero-order chi connectivity index (χ0) is 16.4. The van der Waals surface area contributed by atoms with E-state index >= 15 is 0 Å². The number of aryl methyl sites for hydroxylation is 1. The lowest BCUT2D eigenvalue weighted by molar-refractivity contribution is 0.100. The van der Waals surface area contributed by atoms with E-state index in [1.54, 1.807) is 13.8 Å². The van der Waals surface area contributed by atoms with Crippen LogP contribution in [0.4, 0.5) is 0 Å². The van der Waals surface area contributed by atoms with E-state index in [0.717, 1.165) is 6.26 Å². The average Bonchev–Trinajstić information content (AvgIpc) is 2.34. The van der Waals surface area contributed by atoms with E-state index in [1.807, 2.05) is 0 Å². The summed E-state index contributed by atoms with van der Waals surface area (Å²) in [4.78, 5) is 15.3. The third-order valence-electron chi connectivity index (χ3n) is 2.66. The topological polar surface area (TPSA) is 139 Å². The monoisotopic (exact) mass is 331 g/mol. The van der Waals surface area contributed by atoms with Crippen LogP contribution in [-0.4, -0.2) is 36.8 Å². The van der Waals surface area contributed by atoms with Gasteiger partial charge in [-0.2, -0.15) is 4.99 Å². The maximum atomic E-state index is 12.0. The minimum Gasteiger partial charge on any atom is -0.611 e. The van der Waals surface area contributed by atoms with Gasteiger partial charge in [0, 0.05) is 11.8 Å². The molecule has 7 nitrogen and oxygen atoms in total. The number of hydrogen-bond donors (Lipinski definition) is 2. The van der Waals surface area contributed by atoms with E-state index in [2.05, 4.69) is 4.99 Å². The van der Waals surface area contributed by atoms with Crippen LogP contribution in [0.25, 0.3) is 0 Å². The first kappa shape index (κ1) is 17.5. The van der Waals surface area contributed by atoms with Gasteiger partial charge in [-0.1, -0.05) is 0 Å². The van der Waals surface area contributed by atoms with Crippen molar-refractivity contribution in [3.8, 4) is 0 Å². The molecule has 0 aliphatic heterocycles. The number of nitrogens with two attached hydrogens (primary N) is 2. The van der Waals surface area contributed by atoms with Crippen LogP contribution in [0.3, 0.4) is 0 Å². The Morgan fingerprint density at radius 1 is 1.38 bits per heavy atom. The summed E-state index contributed by atoms with van der Waals surface area (Å²) in [5.74, 6) is -0.892. The molecule has 1 atom stereocenters. The molecule has 0 saturated heterocycles. The van der Waals surface area contributed by atoms with Crippen LogP contribution in [0.1, 0.15) is 22.8 Å². The first-order chi connectivity index (χ1) is 9.57. The molecule has 9 heteroatoms. The van der Waals surface area contributed by atoms with Crippen LogP contribution in [0.15, 0.2) is 26.9 Å². The highest BCUT2D eigenvalue weighted by Crippen LogP contribution is 2.26. The lowest BCUT2D eigenvalue weighted by Crippen LogP contribution is -2.24. The Morgan fingerprint density at radius 3 is 2.38 bits per heavy atom. The fraction of sp³-hybridized carbons (Fsp3) is 0.333. The van der Waals surface area contributed by atoms with Gasteiger partial charge in [-0.05, 0) is 42.7 Å². The van der Waals surface area contributed by atoms with E-state index in [0.29, 0.717) is 5.56 Å². The zero-order valence-electron chi connectivity index (χ0n) is 11.9. The number of amides is 1. The van der Waals surface area contributed by atoms with Gasteiger partial charge < -0.3 is 16.0 Å². The molecule has 0 spiro atoms. The summed E-state index contributed by atoms with van der Waals surface area (Å²) in [6, 6.07) is 2.59. The molecule has 0 radical (unpaired) electrons. The molecule has 4 N–H and O–H groups in total. The second-order valence-electron chi connectivity index (χ2n) is 4.36. The van der Waals surface area contributed by atoms with E-state index in [1.165, 1.54) is 12.1 Å². The SMILES string of the molecule is CC[S+]([O-])c1cc(C)c(C(=O)N=C(N)N)cc1S(C)(=O)=O. The van der Waals surface area contributed by atoms with Gasteiger partial charge >= 0.3 is 0 Å². The molecule has 116 valence electrons. The highest BCUT2D eigenvalue weighted by molar-refractivity contribution is 7.94. The van der Waals surface area contributed by atoms with Crippen LogP contribution in [0, 0.1) is 6.92 Å². The fourth-order valence-electron chi connectivity index (χ4n) is 1.69. The summed E-state index contributed by atoms with van der Waals surface area (Å²) in [5, 5.41) is 0. The van der Waals surface area contributed by atoms with Crippen molar-refractivity contribution < 1.29 is 17.8 Å². The maximum Gasteiger partial charge on any atom is 0.280 e. The minimum atomic E-state index is -3.65. The first-order valence-corrected chi connectivity index (χ1v) is 9.16. The van der Waals surface area contributed by atoms with Crippen molar-refractivity contribution >= 4 is 32.9 Å². The standard InChI is InChI=1S/C12H17N3O4S2/c1-4-20(17)9-5-7(2)8(11(16)15-12(13)14)6-10(9)21(3,18)19/h5-6H,4H2,1-3H3,(H4,13,14,15,16). The zero-order valence-corrected chi connectivity index (χ0v) is 13.5. The van der Waals surface area contributed by atoms with Crippen molar-refractivity contribution in [2.24, 2.45) is 16.5 Å². The van der Waals surface area contributed by atoms with Crippen molar-refractivity contribution in [2.75, 3.05) is 12.0 Å². The molecule has 0 aliphatic carbocycles. The van der Waals surface area contributed by atoms with Crippen LogP contribution in [0.2, 0.25) is 0 Å². The van der Waals surface area contributed by atoms with Gasteiger partial charge in [0.15, 0.2) is 20.7 Å². The second-order valence-corrected chi connectivity index (χ2v) is 8.05. The predicted octanol–water partition coefficient (Wildman–Crippen LogP) is -0.0604. The second kappa shape index (κ2) is 6.46. The lowest BCUT2D eigenvalue weighted by Gasteiger charge is -2.14. The van der Waals surface area contributed by atoms with Crippen molar-refractivity contribution in [1.29, 1.82) is 0 Å². The van der Waals surface area contributed by atoms with E-state index in [4.69, 9.17) is 11.5 Å². The van der Waals surface area contributed by atoms with Gasteiger partial charge in [-0.3, -0.25) is 4.79 Å². The quantitative estimate of drug-likeness (QED) is 0.450. The van der Waals surface area contributed by atoms with Crippen LogP contribution in [0.5, 0.6) is 0 Å². The average molecular weight is 331 g/mol. The highest BCUT2D eigenvalue weighted by Gasteiger charge is 2.25. The Hall–Kier alpha value is -1.58. The Labute approximate surface area is 126 Å². The smallest absolute Gasteiger partial charge is 0.280 e. The normalized spacial score (nSPS) is 12.8. The molecule has 1 aromatic rings. The molecule has 0 heterocycles. The highest BCUT2D eigenvalue weighted by atomic mass is 32.2. The summed E-state index contributed by atoms with van der Waals surface area (Å²) >= 11 is -1.47. The molecule has 1 unspecified atom stereocenters. The summed E-state index contributed by atoms with van der Waals surface area (Å²) in [6.45, 7) is 3.27. The number of carbonyl (C=O) groups excluding carboxylic acids is 1. The van der Waals surface area contributed by atoms with Gasteiger partial charge in [0.25, 0.3) is 5.91 Å². The fourth-order valence-corrected chi connectivity index (χ4v) is 4.08. The molecular weight excluding hydrogens is 314 g/mol. The minimum absolute atomic E-state index is 0.0562. The molecule has 1 aromatic carbocycles. The van der Waals surface area contributed by atoms with Crippen molar-refractivity contribution in [2.45, 2.75) is 23.6 Å². The maximum absolute atomic E-state index is 12.0. The van der Waals surface area contributed by atoms with E-state index in [9.17, 15) is 17.8 Å². The molecule has 0 aromatic heterocycles. The number of hydrogen-bond acceptors (Lipinski definition) is 4. The Morgan fingerprint density at radius 2 is 1.95 bits per heavy atom. The van der Waals surface area contributed by atoms with Crippen molar-refractivity contribution in [1.82, 2.24) is 0 Å². The Bertz CT molecular complexity index is 695. The molecule has 1 amide bonds. The largest absolute Gasteiger partial charge is 0.611 e. The Kier molecular flexibility index (Phi) is 5.37. The molecule has 0 aliphatic rings. The molecule has 0 fully saturated rings. The molecule has 0 saturated carbocycles. The Balaban J connectivity index is 3.60. The van der Waals surface area contributed by atoms with Gasteiger partial charge in [0.2, 0.25) is 0 Å². The number of benzene rings is 1. The van der Waals surface area contributed by atoms with Gasteiger partial charge in [-0.25, -0.2) is 8.42 Å². The van der Waals surface area contributed by atoms with Crippen LogP contribution >= 0.6 is 0 Å². The number of aliphatic imine (C=N–C) groups is 1. The van der Waals surface area contributed by atoms with Crippen molar-refractivity contribution in [3.05, 3.63) is 23.3 Å². The number of sulfone groups is 1. The molecule has 0 bridgehead atoms.